The Hall–Kier alpha value is -1.81. The number of aromatic nitrogens is 1. The Balaban J connectivity index is 1.92. The highest BCUT2D eigenvalue weighted by molar-refractivity contribution is 6.31. The number of carbonyl (C=O) groups is 1. The molecule has 0 spiro atoms. The summed E-state index contributed by atoms with van der Waals surface area (Å²) in [5.74, 6) is 0.548. The highest BCUT2D eigenvalue weighted by atomic mass is 35.5. The Morgan fingerprint density at radius 2 is 2.21 bits per heavy atom. The van der Waals surface area contributed by atoms with Crippen molar-refractivity contribution in [2.45, 2.75) is 26.7 Å². The van der Waals surface area contributed by atoms with E-state index < -0.39 is 0 Å². The van der Waals surface area contributed by atoms with Crippen molar-refractivity contribution in [1.29, 1.82) is 0 Å². The third kappa shape index (κ3) is 3.83. The van der Waals surface area contributed by atoms with E-state index in [1.54, 1.807) is 25.3 Å². The highest BCUT2D eigenvalue weighted by Gasteiger charge is 2.07. The number of benzene rings is 1. The first-order valence-corrected chi connectivity index (χ1v) is 6.39. The molecule has 0 atom stereocenters. The van der Waals surface area contributed by atoms with Gasteiger partial charge in [0.15, 0.2) is 5.89 Å². The Morgan fingerprint density at radius 1 is 1.42 bits per heavy atom. The molecule has 2 rings (SSSR count). The molecule has 0 aliphatic rings. The molecule has 0 aliphatic heterocycles. The second-order valence-corrected chi connectivity index (χ2v) is 4.80. The quantitative estimate of drug-likeness (QED) is 0.931. The number of hydrogen-bond acceptors (Lipinski definition) is 3. The van der Waals surface area contributed by atoms with Gasteiger partial charge < -0.3 is 9.73 Å². The minimum atomic E-state index is -0.0639. The van der Waals surface area contributed by atoms with E-state index in [9.17, 15) is 4.79 Å². The zero-order chi connectivity index (χ0) is 13.8. The van der Waals surface area contributed by atoms with Crippen LogP contribution >= 0.6 is 11.6 Å². The maximum atomic E-state index is 11.8. The summed E-state index contributed by atoms with van der Waals surface area (Å²) >= 11 is 5.90. The van der Waals surface area contributed by atoms with Gasteiger partial charge in [-0.2, -0.15) is 0 Å². The third-order valence-electron chi connectivity index (χ3n) is 2.75. The van der Waals surface area contributed by atoms with Crippen LogP contribution in [0.1, 0.15) is 23.6 Å². The standard InChI is InChI=1S/C14H15ClN2O2/c1-9-3-4-11(15)7-13(9)17-14(18)6-5-12-8-19-10(2)16-12/h3-4,7-8H,5-6H2,1-2H3,(H,17,18). The first-order chi connectivity index (χ1) is 9.04. The zero-order valence-corrected chi connectivity index (χ0v) is 11.6. The molecule has 19 heavy (non-hydrogen) atoms. The molecule has 1 heterocycles. The number of nitrogens with one attached hydrogen (secondary N) is 1. The number of nitrogens with zero attached hydrogens (tertiary/aromatic N) is 1. The molecule has 0 radical (unpaired) electrons. The SMILES string of the molecule is Cc1nc(CCC(=O)Nc2cc(Cl)ccc2C)co1. The van der Waals surface area contributed by atoms with Crippen molar-refractivity contribution < 1.29 is 9.21 Å². The van der Waals surface area contributed by atoms with Gasteiger partial charge >= 0.3 is 0 Å². The molecule has 5 heteroatoms. The van der Waals surface area contributed by atoms with Crippen LogP contribution in [0.15, 0.2) is 28.9 Å². The fraction of sp³-hybridized carbons (Fsp3) is 0.286. The van der Waals surface area contributed by atoms with Crippen LogP contribution in [0.4, 0.5) is 5.69 Å². The maximum absolute atomic E-state index is 11.8. The third-order valence-corrected chi connectivity index (χ3v) is 2.98. The van der Waals surface area contributed by atoms with Gasteiger partial charge in [0.05, 0.1) is 5.69 Å². The molecule has 1 N–H and O–H groups in total. The molecule has 4 nitrogen and oxygen atoms in total. The van der Waals surface area contributed by atoms with E-state index >= 15 is 0 Å². The number of anilines is 1. The molecule has 2 aromatic rings. The summed E-state index contributed by atoms with van der Waals surface area (Å²) in [7, 11) is 0. The Bertz CT molecular complexity index is 593. The molecule has 1 aromatic heterocycles. The van der Waals surface area contributed by atoms with Gasteiger partial charge in [0.1, 0.15) is 6.26 Å². The number of carbonyl (C=O) groups excluding carboxylic acids is 1. The lowest BCUT2D eigenvalue weighted by atomic mass is 10.2. The summed E-state index contributed by atoms with van der Waals surface area (Å²) in [5, 5.41) is 3.45. The average molecular weight is 279 g/mol. The normalized spacial score (nSPS) is 10.5. The van der Waals surface area contributed by atoms with Crippen molar-refractivity contribution >= 4 is 23.2 Å². The van der Waals surface area contributed by atoms with E-state index in [0.717, 1.165) is 16.9 Å². The Kier molecular flexibility index (Phi) is 4.22. The number of halogens is 1. The molecular weight excluding hydrogens is 264 g/mol. The Morgan fingerprint density at radius 3 is 2.89 bits per heavy atom. The second kappa shape index (κ2) is 5.89. The van der Waals surface area contributed by atoms with Crippen LogP contribution in [-0.2, 0) is 11.2 Å². The number of hydrogen-bond donors (Lipinski definition) is 1. The van der Waals surface area contributed by atoms with Crippen molar-refractivity contribution in [3.63, 3.8) is 0 Å². The van der Waals surface area contributed by atoms with Gasteiger partial charge in [0.2, 0.25) is 5.91 Å². The topological polar surface area (TPSA) is 55.1 Å². The minimum Gasteiger partial charge on any atom is -0.449 e. The van der Waals surface area contributed by atoms with Gasteiger partial charge in [0, 0.05) is 30.5 Å². The van der Waals surface area contributed by atoms with E-state index in [0.29, 0.717) is 23.8 Å². The molecule has 0 saturated carbocycles. The van der Waals surface area contributed by atoms with E-state index in [-0.39, 0.29) is 5.91 Å². The van der Waals surface area contributed by atoms with Crippen LogP contribution in [0.25, 0.3) is 0 Å². The highest BCUT2D eigenvalue weighted by Crippen LogP contribution is 2.20. The summed E-state index contributed by atoms with van der Waals surface area (Å²) in [6.45, 7) is 3.70. The molecule has 1 amide bonds. The Labute approximate surface area is 116 Å². The molecule has 0 aliphatic carbocycles. The fourth-order valence-corrected chi connectivity index (χ4v) is 1.88. The minimum absolute atomic E-state index is 0.0639. The number of rotatable bonds is 4. The van der Waals surface area contributed by atoms with E-state index in [2.05, 4.69) is 10.3 Å². The lowest BCUT2D eigenvalue weighted by Gasteiger charge is -2.08. The first-order valence-electron chi connectivity index (χ1n) is 6.01. The van der Waals surface area contributed by atoms with Crippen molar-refractivity contribution in [1.82, 2.24) is 4.98 Å². The molecule has 0 fully saturated rings. The maximum Gasteiger partial charge on any atom is 0.224 e. The van der Waals surface area contributed by atoms with E-state index in [1.807, 2.05) is 13.0 Å². The van der Waals surface area contributed by atoms with Gasteiger partial charge in [-0.3, -0.25) is 4.79 Å². The predicted octanol–water partition coefficient (Wildman–Crippen LogP) is 3.52. The molecule has 1 aromatic carbocycles. The van der Waals surface area contributed by atoms with Gasteiger partial charge in [-0.15, -0.1) is 0 Å². The average Bonchev–Trinajstić information content (AvgIpc) is 2.77. The smallest absolute Gasteiger partial charge is 0.224 e. The van der Waals surface area contributed by atoms with Gasteiger partial charge in [0.25, 0.3) is 0 Å². The molecule has 100 valence electrons. The van der Waals surface area contributed by atoms with Crippen LogP contribution < -0.4 is 5.32 Å². The van der Waals surface area contributed by atoms with E-state index in [1.165, 1.54) is 0 Å². The van der Waals surface area contributed by atoms with Crippen LogP contribution in [0, 0.1) is 13.8 Å². The molecular formula is C14H15ClN2O2. The number of oxazole rings is 1. The van der Waals surface area contributed by atoms with Gasteiger partial charge in [-0.1, -0.05) is 17.7 Å². The first kappa shape index (κ1) is 13.6. The van der Waals surface area contributed by atoms with Gasteiger partial charge in [-0.05, 0) is 24.6 Å². The predicted molar refractivity (Wildman–Crippen MR) is 74.4 cm³/mol. The summed E-state index contributed by atoms with van der Waals surface area (Å²) in [6, 6.07) is 5.42. The molecule has 0 unspecified atom stereocenters. The zero-order valence-electron chi connectivity index (χ0n) is 10.9. The summed E-state index contributed by atoms with van der Waals surface area (Å²) < 4.78 is 5.09. The lowest BCUT2D eigenvalue weighted by molar-refractivity contribution is -0.116. The fourth-order valence-electron chi connectivity index (χ4n) is 1.71. The van der Waals surface area contributed by atoms with E-state index in [4.69, 9.17) is 16.0 Å². The monoisotopic (exact) mass is 278 g/mol. The molecule has 0 bridgehead atoms. The lowest BCUT2D eigenvalue weighted by Crippen LogP contribution is -2.13. The van der Waals surface area contributed by atoms with Crippen LogP contribution in [-0.4, -0.2) is 10.9 Å². The summed E-state index contributed by atoms with van der Waals surface area (Å²) in [6.07, 6.45) is 2.49. The van der Waals surface area contributed by atoms with Crippen molar-refractivity contribution in [2.75, 3.05) is 5.32 Å². The van der Waals surface area contributed by atoms with Crippen molar-refractivity contribution in [3.8, 4) is 0 Å². The largest absolute Gasteiger partial charge is 0.449 e. The van der Waals surface area contributed by atoms with Crippen molar-refractivity contribution in [2.24, 2.45) is 0 Å². The second-order valence-electron chi connectivity index (χ2n) is 4.37. The molecule has 0 saturated heterocycles. The van der Waals surface area contributed by atoms with Crippen LogP contribution in [0.5, 0.6) is 0 Å². The van der Waals surface area contributed by atoms with Crippen LogP contribution in [0.3, 0.4) is 0 Å². The number of amides is 1. The van der Waals surface area contributed by atoms with Crippen molar-refractivity contribution in [3.05, 3.63) is 46.6 Å². The van der Waals surface area contributed by atoms with Gasteiger partial charge in [-0.25, -0.2) is 4.98 Å². The van der Waals surface area contributed by atoms with Crippen LogP contribution in [0.2, 0.25) is 5.02 Å². The number of aryl methyl sites for hydroxylation is 3. The summed E-state index contributed by atoms with van der Waals surface area (Å²) in [5.41, 5.74) is 2.51. The summed E-state index contributed by atoms with van der Waals surface area (Å²) in [4.78, 5) is 16.0.